The van der Waals surface area contributed by atoms with Crippen LogP contribution in [0.3, 0.4) is 0 Å². The van der Waals surface area contributed by atoms with E-state index in [0.717, 1.165) is 21.7 Å². The number of hydrogen-bond donors (Lipinski definition) is 2. The maximum absolute atomic E-state index is 12.1. The van der Waals surface area contributed by atoms with Gasteiger partial charge >= 0.3 is 5.97 Å². The van der Waals surface area contributed by atoms with E-state index in [2.05, 4.69) is 5.32 Å². The van der Waals surface area contributed by atoms with Crippen molar-refractivity contribution in [2.24, 2.45) is 5.41 Å². The summed E-state index contributed by atoms with van der Waals surface area (Å²) in [6.45, 7) is 3.61. The number of nitrogens with one attached hydrogen (secondary N) is 1. The Morgan fingerprint density at radius 2 is 1.88 bits per heavy atom. The highest BCUT2D eigenvalue weighted by Crippen LogP contribution is 2.28. The Labute approximate surface area is 145 Å². The monoisotopic (exact) mass is 339 g/mol. The van der Waals surface area contributed by atoms with Crippen LogP contribution in [0.2, 0.25) is 0 Å². The molecule has 0 saturated heterocycles. The predicted octanol–water partition coefficient (Wildman–Crippen LogP) is 3.75. The lowest BCUT2D eigenvalue weighted by Crippen LogP contribution is -2.32. The lowest BCUT2D eigenvalue weighted by Gasteiger charge is -2.18. The largest absolute Gasteiger partial charge is 0.481 e. The van der Waals surface area contributed by atoms with Gasteiger partial charge in [-0.2, -0.15) is 0 Å². The summed E-state index contributed by atoms with van der Waals surface area (Å²) >= 11 is 0. The van der Waals surface area contributed by atoms with Crippen LogP contribution in [-0.2, 0) is 16.0 Å². The molecule has 0 bridgehead atoms. The molecule has 0 atom stereocenters. The number of carboxylic acid groups (broad SMARTS) is 1. The fraction of sp³-hybridized carbons (Fsp3) is 0.300. The van der Waals surface area contributed by atoms with E-state index in [1.54, 1.807) is 13.8 Å². The first-order chi connectivity index (χ1) is 11.9. The minimum absolute atomic E-state index is 0.135. The van der Waals surface area contributed by atoms with Gasteiger partial charge in [0.15, 0.2) is 0 Å². The highest BCUT2D eigenvalue weighted by molar-refractivity contribution is 6.06. The summed E-state index contributed by atoms with van der Waals surface area (Å²) in [4.78, 5) is 23.2. The summed E-state index contributed by atoms with van der Waals surface area (Å²) in [5, 5.41) is 15.1. The molecule has 0 fully saturated rings. The molecule has 0 aliphatic heterocycles. The molecular formula is C20H21NO4. The first-order valence-corrected chi connectivity index (χ1v) is 8.27. The van der Waals surface area contributed by atoms with Crippen molar-refractivity contribution in [2.75, 3.05) is 6.54 Å². The third kappa shape index (κ3) is 3.65. The molecule has 25 heavy (non-hydrogen) atoms. The second kappa shape index (κ2) is 6.59. The van der Waals surface area contributed by atoms with Crippen molar-refractivity contribution in [3.63, 3.8) is 0 Å². The summed E-state index contributed by atoms with van der Waals surface area (Å²) in [6, 6.07) is 13.8. The third-order valence-corrected chi connectivity index (χ3v) is 4.46. The van der Waals surface area contributed by atoms with Crippen molar-refractivity contribution in [3.05, 3.63) is 48.2 Å². The Balaban J connectivity index is 1.68. The van der Waals surface area contributed by atoms with Gasteiger partial charge in [0.2, 0.25) is 5.91 Å². The van der Waals surface area contributed by atoms with E-state index in [0.29, 0.717) is 18.7 Å². The van der Waals surface area contributed by atoms with Gasteiger partial charge in [-0.15, -0.1) is 0 Å². The van der Waals surface area contributed by atoms with E-state index in [-0.39, 0.29) is 12.3 Å². The van der Waals surface area contributed by atoms with Crippen LogP contribution in [0.4, 0.5) is 0 Å². The Kier molecular flexibility index (Phi) is 4.49. The van der Waals surface area contributed by atoms with Crippen molar-refractivity contribution in [3.8, 4) is 0 Å². The predicted molar refractivity (Wildman–Crippen MR) is 96.5 cm³/mol. The molecule has 2 N–H and O–H groups in total. The van der Waals surface area contributed by atoms with Crippen LogP contribution in [0.15, 0.2) is 46.9 Å². The number of fused-ring (bicyclic) bond motifs is 3. The zero-order valence-electron chi connectivity index (χ0n) is 14.3. The van der Waals surface area contributed by atoms with Gasteiger partial charge < -0.3 is 14.8 Å². The van der Waals surface area contributed by atoms with Gasteiger partial charge in [0.1, 0.15) is 11.3 Å². The van der Waals surface area contributed by atoms with Gasteiger partial charge in [0.05, 0.1) is 11.8 Å². The van der Waals surface area contributed by atoms with Crippen molar-refractivity contribution < 1.29 is 19.1 Å². The second-order valence-corrected chi connectivity index (χ2v) is 6.88. The highest BCUT2D eigenvalue weighted by atomic mass is 16.4. The maximum Gasteiger partial charge on any atom is 0.309 e. The Bertz CT molecular complexity index is 939. The summed E-state index contributed by atoms with van der Waals surface area (Å²) < 4.78 is 5.78. The lowest BCUT2D eigenvalue weighted by atomic mass is 9.90. The number of carbonyl (C=O) groups excluding carboxylic acids is 1. The van der Waals surface area contributed by atoms with Gasteiger partial charge in [-0.25, -0.2) is 0 Å². The smallest absolute Gasteiger partial charge is 0.309 e. The molecule has 3 rings (SSSR count). The molecule has 5 heteroatoms. The van der Waals surface area contributed by atoms with E-state index < -0.39 is 11.4 Å². The van der Waals surface area contributed by atoms with Crippen molar-refractivity contribution >= 4 is 33.6 Å². The van der Waals surface area contributed by atoms with Gasteiger partial charge in [-0.05, 0) is 43.2 Å². The topological polar surface area (TPSA) is 79.5 Å². The van der Waals surface area contributed by atoms with E-state index >= 15 is 0 Å². The lowest BCUT2D eigenvalue weighted by molar-refractivity contribution is -0.147. The molecule has 0 unspecified atom stereocenters. The van der Waals surface area contributed by atoms with E-state index in [1.807, 2.05) is 42.5 Å². The first-order valence-electron chi connectivity index (χ1n) is 8.27. The number of carbonyl (C=O) groups is 2. The van der Waals surface area contributed by atoms with Crippen molar-refractivity contribution in [1.82, 2.24) is 5.32 Å². The highest BCUT2D eigenvalue weighted by Gasteiger charge is 2.26. The Hall–Kier alpha value is -2.82. The molecule has 2 aromatic carbocycles. The zero-order valence-corrected chi connectivity index (χ0v) is 14.3. The van der Waals surface area contributed by atoms with Crippen molar-refractivity contribution in [2.45, 2.75) is 26.7 Å². The number of furan rings is 1. The average Bonchev–Trinajstić information content (AvgIpc) is 2.97. The summed E-state index contributed by atoms with van der Waals surface area (Å²) in [7, 11) is 0. The van der Waals surface area contributed by atoms with Crippen LogP contribution < -0.4 is 5.32 Å². The van der Waals surface area contributed by atoms with Gasteiger partial charge in [0, 0.05) is 11.9 Å². The fourth-order valence-corrected chi connectivity index (χ4v) is 2.77. The molecule has 0 saturated carbocycles. The van der Waals surface area contributed by atoms with Gasteiger partial charge in [-0.3, -0.25) is 9.59 Å². The van der Waals surface area contributed by atoms with Crippen LogP contribution >= 0.6 is 0 Å². The maximum atomic E-state index is 12.1. The SMILES string of the molecule is CC(C)(CCNC(=O)Cc1cc2c(ccc3ccccc32)o1)C(=O)O. The first kappa shape index (κ1) is 17.0. The number of carboxylic acids is 1. The summed E-state index contributed by atoms with van der Waals surface area (Å²) in [5.74, 6) is -0.447. The van der Waals surface area contributed by atoms with E-state index in [9.17, 15) is 9.59 Å². The number of benzene rings is 2. The summed E-state index contributed by atoms with van der Waals surface area (Å²) in [5.41, 5.74) is -0.0977. The third-order valence-electron chi connectivity index (χ3n) is 4.46. The molecule has 0 aliphatic carbocycles. The molecule has 0 spiro atoms. The van der Waals surface area contributed by atoms with Crippen LogP contribution in [-0.4, -0.2) is 23.5 Å². The molecular weight excluding hydrogens is 318 g/mol. The number of hydrogen-bond acceptors (Lipinski definition) is 3. The fourth-order valence-electron chi connectivity index (χ4n) is 2.77. The van der Waals surface area contributed by atoms with Gasteiger partial charge in [0.25, 0.3) is 0 Å². The average molecular weight is 339 g/mol. The normalized spacial score (nSPS) is 11.8. The van der Waals surface area contributed by atoms with E-state index in [1.165, 1.54) is 0 Å². The molecule has 1 heterocycles. The molecule has 3 aromatic rings. The standard InChI is InChI=1S/C20H21NO4/c1-20(2,19(23)24)9-10-21-18(22)12-14-11-16-15-6-4-3-5-13(15)7-8-17(16)25-14/h3-8,11H,9-10,12H2,1-2H3,(H,21,22)(H,23,24). The number of amides is 1. The molecule has 0 radical (unpaired) electrons. The van der Waals surface area contributed by atoms with Crippen LogP contribution in [0, 0.1) is 5.41 Å². The minimum Gasteiger partial charge on any atom is -0.481 e. The molecule has 1 aromatic heterocycles. The molecule has 5 nitrogen and oxygen atoms in total. The minimum atomic E-state index is -0.870. The van der Waals surface area contributed by atoms with E-state index in [4.69, 9.17) is 9.52 Å². The van der Waals surface area contributed by atoms with Crippen molar-refractivity contribution in [1.29, 1.82) is 0 Å². The summed E-state index contributed by atoms with van der Waals surface area (Å²) in [6.07, 6.45) is 0.509. The zero-order chi connectivity index (χ0) is 18.0. The van der Waals surface area contributed by atoms with Crippen LogP contribution in [0.1, 0.15) is 26.0 Å². The van der Waals surface area contributed by atoms with Crippen LogP contribution in [0.25, 0.3) is 21.7 Å². The van der Waals surface area contributed by atoms with Gasteiger partial charge in [-0.1, -0.05) is 30.3 Å². The van der Waals surface area contributed by atoms with Crippen LogP contribution in [0.5, 0.6) is 0 Å². The number of aliphatic carboxylic acids is 1. The quantitative estimate of drug-likeness (QED) is 0.717. The Morgan fingerprint density at radius 1 is 1.12 bits per heavy atom. The molecule has 0 aliphatic rings. The molecule has 130 valence electrons. The molecule has 1 amide bonds. The second-order valence-electron chi connectivity index (χ2n) is 6.88. The number of rotatable bonds is 6. The Morgan fingerprint density at radius 3 is 2.64 bits per heavy atom.